The number of rotatable bonds is 9. The summed E-state index contributed by atoms with van der Waals surface area (Å²) in [6.07, 6.45) is 13.2. The summed E-state index contributed by atoms with van der Waals surface area (Å²) >= 11 is 0. The van der Waals surface area contributed by atoms with Crippen LogP contribution in [0.3, 0.4) is 0 Å². The molecular weight excluding hydrogens is 236 g/mol. The van der Waals surface area contributed by atoms with Crippen LogP contribution in [0.15, 0.2) is 0 Å². The van der Waals surface area contributed by atoms with Crippen molar-refractivity contribution in [1.82, 2.24) is 10.2 Å². The van der Waals surface area contributed by atoms with Crippen LogP contribution in [-0.4, -0.2) is 36.5 Å². The van der Waals surface area contributed by atoms with Gasteiger partial charge in [0.2, 0.25) is 5.91 Å². The summed E-state index contributed by atoms with van der Waals surface area (Å²) in [5.41, 5.74) is 0. The maximum absolute atomic E-state index is 12.2. The number of carbonyl (C=O) groups excluding carboxylic acids is 1. The molecule has 0 spiro atoms. The number of unbranched alkanes of at least 4 members (excludes halogenated alkanes) is 3. The van der Waals surface area contributed by atoms with E-state index in [9.17, 15) is 4.79 Å². The molecule has 1 N–H and O–H groups in total. The molecule has 108 valence electrons. The van der Waals surface area contributed by atoms with Gasteiger partial charge in [0.25, 0.3) is 0 Å². The predicted octanol–water partition coefficient (Wildman–Crippen LogP) is 2.56. The lowest BCUT2D eigenvalue weighted by Crippen LogP contribution is -2.41. The molecule has 1 aliphatic heterocycles. The van der Waals surface area contributed by atoms with Crippen molar-refractivity contribution in [3.05, 3.63) is 0 Å². The second-order valence-corrected chi connectivity index (χ2v) is 5.40. The number of nitrogens with zero attached hydrogens (tertiary/aromatic N) is 1. The van der Waals surface area contributed by atoms with Gasteiger partial charge in [-0.2, -0.15) is 0 Å². The zero-order valence-corrected chi connectivity index (χ0v) is 12.3. The van der Waals surface area contributed by atoms with Crippen LogP contribution < -0.4 is 5.32 Å². The number of carbonyl (C=O) groups is 1. The van der Waals surface area contributed by atoms with Crippen LogP contribution in [0.5, 0.6) is 0 Å². The minimum Gasteiger partial charge on any atom is -0.341 e. The van der Waals surface area contributed by atoms with Crippen LogP contribution in [0.25, 0.3) is 0 Å². The molecule has 1 amide bonds. The summed E-state index contributed by atoms with van der Waals surface area (Å²) in [7, 11) is 0. The number of terminal acetylenes is 1. The highest BCUT2D eigenvalue weighted by atomic mass is 16.2. The first-order valence-electron chi connectivity index (χ1n) is 7.72. The molecule has 1 atom stereocenters. The van der Waals surface area contributed by atoms with Crippen LogP contribution in [-0.2, 0) is 4.79 Å². The minimum atomic E-state index is 0.305. The molecule has 1 unspecified atom stereocenters. The molecule has 1 aliphatic rings. The van der Waals surface area contributed by atoms with Crippen molar-refractivity contribution < 1.29 is 4.79 Å². The molecule has 3 nitrogen and oxygen atoms in total. The van der Waals surface area contributed by atoms with E-state index in [1.165, 1.54) is 12.8 Å². The first kappa shape index (κ1) is 16.0. The fourth-order valence-electron chi connectivity index (χ4n) is 2.51. The molecule has 0 saturated carbocycles. The van der Waals surface area contributed by atoms with E-state index in [2.05, 4.69) is 23.1 Å². The summed E-state index contributed by atoms with van der Waals surface area (Å²) in [5.74, 6) is 2.93. The van der Waals surface area contributed by atoms with E-state index in [1.807, 2.05) is 0 Å². The Bertz CT molecular complexity index is 290. The Labute approximate surface area is 118 Å². The predicted molar refractivity (Wildman–Crippen MR) is 79.8 cm³/mol. The molecular formula is C16H28N2O. The lowest BCUT2D eigenvalue weighted by molar-refractivity contribution is -0.131. The van der Waals surface area contributed by atoms with E-state index in [0.717, 1.165) is 51.7 Å². The average Bonchev–Trinajstić information content (AvgIpc) is 2.92. The van der Waals surface area contributed by atoms with Gasteiger partial charge in [-0.25, -0.2) is 0 Å². The van der Waals surface area contributed by atoms with Gasteiger partial charge in [0, 0.05) is 32.0 Å². The van der Waals surface area contributed by atoms with Crippen LogP contribution in [0, 0.1) is 12.3 Å². The molecule has 1 fully saturated rings. The van der Waals surface area contributed by atoms with Gasteiger partial charge in [-0.1, -0.05) is 13.3 Å². The summed E-state index contributed by atoms with van der Waals surface area (Å²) < 4.78 is 0. The van der Waals surface area contributed by atoms with E-state index in [4.69, 9.17) is 6.42 Å². The van der Waals surface area contributed by atoms with E-state index in [0.29, 0.717) is 18.4 Å². The second kappa shape index (κ2) is 9.86. The Morgan fingerprint density at radius 1 is 1.42 bits per heavy atom. The van der Waals surface area contributed by atoms with Gasteiger partial charge in [-0.15, -0.1) is 12.3 Å². The first-order chi connectivity index (χ1) is 9.27. The van der Waals surface area contributed by atoms with Crippen molar-refractivity contribution >= 4 is 5.91 Å². The second-order valence-electron chi connectivity index (χ2n) is 5.40. The summed E-state index contributed by atoms with van der Waals surface area (Å²) in [6, 6.07) is 0.506. The summed E-state index contributed by atoms with van der Waals surface area (Å²) in [4.78, 5) is 14.3. The van der Waals surface area contributed by atoms with Crippen LogP contribution in [0.1, 0.15) is 58.3 Å². The van der Waals surface area contributed by atoms with Gasteiger partial charge in [0.1, 0.15) is 0 Å². The zero-order chi connectivity index (χ0) is 13.9. The highest BCUT2D eigenvalue weighted by molar-refractivity contribution is 5.76. The monoisotopic (exact) mass is 264 g/mol. The molecule has 3 heteroatoms. The van der Waals surface area contributed by atoms with Gasteiger partial charge >= 0.3 is 0 Å². The smallest absolute Gasteiger partial charge is 0.222 e. The van der Waals surface area contributed by atoms with Crippen molar-refractivity contribution in [2.75, 3.05) is 19.6 Å². The van der Waals surface area contributed by atoms with E-state index < -0.39 is 0 Å². The standard InChI is InChI=1S/C16H28N2O/c1-3-5-7-8-11-16(19)18(13-6-4-2)14-15-10-9-12-17-15/h1,15,17H,4-14H2,2H3. The fraction of sp³-hybridized carbons (Fsp3) is 0.812. The quantitative estimate of drug-likeness (QED) is 0.513. The van der Waals surface area contributed by atoms with E-state index >= 15 is 0 Å². The zero-order valence-electron chi connectivity index (χ0n) is 12.3. The Morgan fingerprint density at radius 2 is 2.26 bits per heavy atom. The normalized spacial score (nSPS) is 18.2. The molecule has 0 aromatic rings. The van der Waals surface area contributed by atoms with Crippen molar-refractivity contribution in [2.24, 2.45) is 0 Å². The number of hydrogen-bond acceptors (Lipinski definition) is 2. The van der Waals surface area contributed by atoms with Crippen LogP contribution >= 0.6 is 0 Å². The molecule has 0 aromatic carbocycles. The molecule has 0 aromatic heterocycles. The third-order valence-electron chi connectivity index (χ3n) is 3.70. The van der Waals surface area contributed by atoms with Gasteiger partial charge in [-0.05, 0) is 38.6 Å². The Kier molecular flexibility index (Phi) is 8.33. The lowest BCUT2D eigenvalue weighted by atomic mass is 10.1. The number of amides is 1. The maximum atomic E-state index is 12.2. The van der Waals surface area contributed by atoms with E-state index in [1.54, 1.807) is 0 Å². The molecule has 1 rings (SSSR count). The summed E-state index contributed by atoms with van der Waals surface area (Å²) in [5, 5.41) is 3.47. The van der Waals surface area contributed by atoms with Crippen molar-refractivity contribution in [1.29, 1.82) is 0 Å². The Hall–Kier alpha value is -1.01. The molecule has 1 heterocycles. The first-order valence-corrected chi connectivity index (χ1v) is 7.72. The highest BCUT2D eigenvalue weighted by Gasteiger charge is 2.20. The minimum absolute atomic E-state index is 0.305. The third kappa shape index (κ3) is 6.63. The fourth-order valence-corrected chi connectivity index (χ4v) is 2.51. The average molecular weight is 264 g/mol. The molecule has 19 heavy (non-hydrogen) atoms. The molecule has 0 aliphatic carbocycles. The largest absolute Gasteiger partial charge is 0.341 e. The van der Waals surface area contributed by atoms with Gasteiger partial charge in [-0.3, -0.25) is 4.79 Å². The topological polar surface area (TPSA) is 32.3 Å². The Morgan fingerprint density at radius 3 is 2.89 bits per heavy atom. The highest BCUT2D eigenvalue weighted by Crippen LogP contribution is 2.10. The van der Waals surface area contributed by atoms with Gasteiger partial charge < -0.3 is 10.2 Å². The maximum Gasteiger partial charge on any atom is 0.222 e. The summed E-state index contributed by atoms with van der Waals surface area (Å²) in [6.45, 7) is 5.06. The number of nitrogens with one attached hydrogen (secondary N) is 1. The van der Waals surface area contributed by atoms with Gasteiger partial charge in [0.15, 0.2) is 0 Å². The van der Waals surface area contributed by atoms with Crippen molar-refractivity contribution in [2.45, 2.75) is 64.3 Å². The SMILES string of the molecule is C#CCCCCC(=O)N(CCCC)CC1CCCN1. The van der Waals surface area contributed by atoms with Gasteiger partial charge in [0.05, 0.1) is 0 Å². The van der Waals surface area contributed by atoms with Crippen molar-refractivity contribution in [3.63, 3.8) is 0 Å². The number of hydrogen-bond donors (Lipinski definition) is 1. The van der Waals surface area contributed by atoms with Crippen molar-refractivity contribution in [3.8, 4) is 12.3 Å². The van der Waals surface area contributed by atoms with E-state index in [-0.39, 0.29) is 0 Å². The molecule has 1 saturated heterocycles. The molecule has 0 radical (unpaired) electrons. The van der Waals surface area contributed by atoms with Crippen LogP contribution in [0.2, 0.25) is 0 Å². The third-order valence-corrected chi connectivity index (χ3v) is 3.70. The lowest BCUT2D eigenvalue weighted by Gasteiger charge is -2.26. The van der Waals surface area contributed by atoms with Crippen LogP contribution in [0.4, 0.5) is 0 Å². The Balaban J connectivity index is 2.33. The molecule has 0 bridgehead atoms.